The van der Waals surface area contributed by atoms with E-state index in [4.69, 9.17) is 17.2 Å². The van der Waals surface area contributed by atoms with Crippen molar-refractivity contribution in [3.05, 3.63) is 35.9 Å². The first-order valence-electron chi connectivity index (χ1n) is 19.0. The largest absolute Gasteiger partial charge is 0.355 e. The number of hydrogen-bond donors (Lipinski definition) is 5. The van der Waals surface area contributed by atoms with Crippen LogP contribution in [0.3, 0.4) is 0 Å². The van der Waals surface area contributed by atoms with Crippen LogP contribution in [-0.4, -0.2) is 69.3 Å². The standard InChI is InChI=1S/C37H70N6O4S/c1-2-3-4-5-6-7-8-9-10-11-12-13-14-22-29-41-36(44)31-43(48(46,47)32-33-23-16-15-17-24-33)30-34(25-18-20-27-38)42-37(45)35(40)26-19-21-28-39/h15-17,23-24,34-35H,2-14,18-22,25-32,38-40H2,1H3,(H,41,44)(H,42,45)/t34-,35-/m0/s1. The fraction of sp³-hybridized carbons (Fsp3) is 0.784. The molecule has 0 aliphatic carbocycles. The molecule has 0 unspecified atom stereocenters. The summed E-state index contributed by atoms with van der Waals surface area (Å²) < 4.78 is 28.6. The number of benzene rings is 1. The highest BCUT2D eigenvalue weighted by Crippen LogP contribution is 2.15. The molecule has 10 nitrogen and oxygen atoms in total. The Morgan fingerprint density at radius 1 is 0.729 bits per heavy atom. The van der Waals surface area contributed by atoms with Crippen LogP contribution in [0, 0.1) is 0 Å². The van der Waals surface area contributed by atoms with Gasteiger partial charge in [0.2, 0.25) is 21.8 Å². The molecule has 0 saturated carbocycles. The smallest absolute Gasteiger partial charge is 0.237 e. The van der Waals surface area contributed by atoms with E-state index in [0.29, 0.717) is 44.5 Å². The van der Waals surface area contributed by atoms with E-state index in [1.165, 1.54) is 74.9 Å². The molecule has 2 atom stereocenters. The Morgan fingerprint density at radius 3 is 1.79 bits per heavy atom. The molecule has 0 aliphatic heterocycles. The molecule has 1 aromatic rings. The van der Waals surface area contributed by atoms with Gasteiger partial charge in [-0.25, -0.2) is 8.42 Å². The van der Waals surface area contributed by atoms with Crippen LogP contribution in [0.15, 0.2) is 30.3 Å². The summed E-state index contributed by atoms with van der Waals surface area (Å²) in [5.41, 5.74) is 18.1. The lowest BCUT2D eigenvalue weighted by atomic mass is 10.0. The van der Waals surface area contributed by atoms with E-state index in [9.17, 15) is 18.0 Å². The third kappa shape index (κ3) is 22.6. The first-order chi connectivity index (χ1) is 23.2. The highest BCUT2D eigenvalue weighted by Gasteiger charge is 2.29. The monoisotopic (exact) mass is 695 g/mol. The SMILES string of the molecule is CCCCCCCCCCCCCCCCNC(=O)CN(C[C@H](CCCCN)NC(=O)[C@@H](N)CCCCN)S(=O)(=O)Cc1ccccc1. The van der Waals surface area contributed by atoms with Crippen molar-refractivity contribution in [3.63, 3.8) is 0 Å². The average molecular weight is 695 g/mol. The van der Waals surface area contributed by atoms with Gasteiger partial charge in [0.15, 0.2) is 0 Å². The second-order valence-electron chi connectivity index (χ2n) is 13.4. The van der Waals surface area contributed by atoms with Crippen molar-refractivity contribution in [2.75, 3.05) is 32.7 Å². The summed E-state index contributed by atoms with van der Waals surface area (Å²) in [5.74, 6) is -0.901. The zero-order valence-corrected chi connectivity index (χ0v) is 31.0. The van der Waals surface area contributed by atoms with Crippen molar-refractivity contribution < 1.29 is 18.0 Å². The van der Waals surface area contributed by atoms with E-state index in [0.717, 1.165) is 38.5 Å². The average Bonchev–Trinajstić information content (AvgIpc) is 3.06. The third-order valence-corrected chi connectivity index (χ3v) is 10.6. The lowest BCUT2D eigenvalue weighted by molar-refractivity contribution is -0.123. The first kappa shape index (κ1) is 44.0. The first-order valence-corrected chi connectivity index (χ1v) is 20.6. The fourth-order valence-electron chi connectivity index (χ4n) is 5.85. The highest BCUT2D eigenvalue weighted by atomic mass is 32.2. The summed E-state index contributed by atoms with van der Waals surface area (Å²) in [6.07, 6.45) is 21.6. The summed E-state index contributed by atoms with van der Waals surface area (Å²) in [7, 11) is -3.88. The molecule has 2 amide bonds. The Hall–Kier alpha value is -2.05. The minimum atomic E-state index is -3.88. The van der Waals surface area contributed by atoms with Gasteiger partial charge in [-0.15, -0.1) is 0 Å². The summed E-state index contributed by atoms with van der Waals surface area (Å²) in [6.45, 7) is 3.47. The van der Waals surface area contributed by atoms with Gasteiger partial charge in [-0.05, 0) is 50.8 Å². The van der Waals surface area contributed by atoms with Gasteiger partial charge >= 0.3 is 0 Å². The number of carbonyl (C=O) groups excluding carboxylic acids is 2. The van der Waals surface area contributed by atoms with Crippen molar-refractivity contribution in [1.82, 2.24) is 14.9 Å². The Kier molecular flexibility index (Phi) is 26.3. The van der Waals surface area contributed by atoms with Gasteiger partial charge in [-0.3, -0.25) is 9.59 Å². The molecule has 8 N–H and O–H groups in total. The molecular weight excluding hydrogens is 625 g/mol. The van der Waals surface area contributed by atoms with E-state index in [-0.39, 0.29) is 30.7 Å². The number of nitrogens with zero attached hydrogens (tertiary/aromatic N) is 1. The number of rotatable bonds is 32. The van der Waals surface area contributed by atoms with Crippen LogP contribution in [0.25, 0.3) is 0 Å². The molecule has 0 heterocycles. The molecule has 278 valence electrons. The van der Waals surface area contributed by atoms with Crippen LogP contribution in [0.2, 0.25) is 0 Å². The Bertz CT molecular complexity index is 1040. The number of nitrogens with two attached hydrogens (primary N) is 3. The molecule has 0 bridgehead atoms. The van der Waals surface area contributed by atoms with E-state index in [2.05, 4.69) is 17.6 Å². The number of carbonyl (C=O) groups is 2. The Labute approximate surface area is 293 Å². The number of amides is 2. The second-order valence-corrected chi connectivity index (χ2v) is 15.3. The lowest BCUT2D eigenvalue weighted by Crippen LogP contribution is -2.52. The maximum absolute atomic E-state index is 13.7. The highest BCUT2D eigenvalue weighted by molar-refractivity contribution is 7.88. The van der Waals surface area contributed by atoms with E-state index < -0.39 is 22.1 Å². The number of nitrogens with one attached hydrogen (secondary N) is 2. The van der Waals surface area contributed by atoms with Crippen LogP contribution in [0.1, 0.15) is 141 Å². The van der Waals surface area contributed by atoms with Crippen LogP contribution >= 0.6 is 0 Å². The molecule has 1 aromatic carbocycles. The molecule has 0 fully saturated rings. The molecule has 0 spiro atoms. The van der Waals surface area contributed by atoms with Gasteiger partial charge in [0.05, 0.1) is 18.3 Å². The number of hydrogen-bond acceptors (Lipinski definition) is 7. The quantitative estimate of drug-likeness (QED) is 0.0621. The van der Waals surface area contributed by atoms with Gasteiger partial charge in [0.25, 0.3) is 0 Å². The molecule has 0 radical (unpaired) electrons. The van der Waals surface area contributed by atoms with Gasteiger partial charge in [0.1, 0.15) is 0 Å². The van der Waals surface area contributed by atoms with Gasteiger partial charge < -0.3 is 27.8 Å². The summed E-state index contributed by atoms with van der Waals surface area (Å²) >= 11 is 0. The second kappa shape index (κ2) is 28.8. The Morgan fingerprint density at radius 2 is 1.25 bits per heavy atom. The molecule has 0 saturated heterocycles. The summed E-state index contributed by atoms with van der Waals surface area (Å²) in [6, 6.07) is 7.71. The van der Waals surface area contributed by atoms with Gasteiger partial charge in [-0.1, -0.05) is 134 Å². The molecule has 1 rings (SSSR count). The van der Waals surface area contributed by atoms with Crippen molar-refractivity contribution in [2.24, 2.45) is 17.2 Å². The molecular formula is C37H70N6O4S. The van der Waals surface area contributed by atoms with Crippen molar-refractivity contribution >= 4 is 21.8 Å². The zero-order valence-electron chi connectivity index (χ0n) is 30.1. The maximum atomic E-state index is 13.7. The zero-order chi connectivity index (χ0) is 35.3. The van der Waals surface area contributed by atoms with E-state index in [1.54, 1.807) is 24.3 Å². The molecule has 11 heteroatoms. The normalized spacial score (nSPS) is 13.0. The van der Waals surface area contributed by atoms with Crippen molar-refractivity contribution in [3.8, 4) is 0 Å². The van der Waals surface area contributed by atoms with Gasteiger partial charge in [0, 0.05) is 19.1 Å². The maximum Gasteiger partial charge on any atom is 0.237 e. The van der Waals surface area contributed by atoms with E-state index in [1.807, 2.05) is 6.07 Å². The van der Waals surface area contributed by atoms with Crippen LogP contribution < -0.4 is 27.8 Å². The minimum absolute atomic E-state index is 0.0206. The lowest BCUT2D eigenvalue weighted by Gasteiger charge is -2.28. The van der Waals surface area contributed by atoms with Crippen molar-refractivity contribution in [1.29, 1.82) is 0 Å². The van der Waals surface area contributed by atoms with Crippen LogP contribution in [-0.2, 0) is 25.4 Å². The molecule has 48 heavy (non-hydrogen) atoms. The third-order valence-electron chi connectivity index (χ3n) is 8.84. The van der Waals surface area contributed by atoms with Crippen molar-refractivity contribution in [2.45, 2.75) is 153 Å². The number of unbranched alkanes of at least 4 members (excludes halogenated alkanes) is 15. The molecule has 0 aromatic heterocycles. The fourth-order valence-corrected chi connectivity index (χ4v) is 7.37. The van der Waals surface area contributed by atoms with Gasteiger partial charge in [-0.2, -0.15) is 4.31 Å². The number of sulfonamides is 1. The van der Waals surface area contributed by atoms with Crippen LogP contribution in [0.4, 0.5) is 0 Å². The predicted octanol–water partition coefficient (Wildman–Crippen LogP) is 5.49. The van der Waals surface area contributed by atoms with E-state index >= 15 is 0 Å². The van der Waals surface area contributed by atoms with Crippen LogP contribution in [0.5, 0.6) is 0 Å². The minimum Gasteiger partial charge on any atom is -0.355 e. The summed E-state index contributed by atoms with van der Waals surface area (Å²) in [5, 5.41) is 5.89. The summed E-state index contributed by atoms with van der Waals surface area (Å²) in [4.78, 5) is 26.0. The predicted molar refractivity (Wildman–Crippen MR) is 200 cm³/mol. The topological polar surface area (TPSA) is 174 Å². The molecule has 0 aliphatic rings. The Balaban J connectivity index is 2.64.